The SMILES string of the molecule is COC(=O)COc1ccc(S(=O)(=O)N2CCC(C)CC2)cc1. The van der Waals surface area contributed by atoms with Crippen molar-refractivity contribution >= 4 is 16.0 Å². The number of hydrogen-bond donors (Lipinski definition) is 0. The number of hydrogen-bond acceptors (Lipinski definition) is 5. The van der Waals surface area contributed by atoms with Gasteiger partial charge in [0.1, 0.15) is 5.75 Å². The van der Waals surface area contributed by atoms with Gasteiger partial charge < -0.3 is 9.47 Å². The van der Waals surface area contributed by atoms with Crippen LogP contribution in [0.1, 0.15) is 19.8 Å². The maximum absolute atomic E-state index is 12.5. The molecule has 122 valence electrons. The van der Waals surface area contributed by atoms with Gasteiger partial charge in [0.2, 0.25) is 10.0 Å². The first-order valence-electron chi connectivity index (χ1n) is 7.23. The first-order valence-corrected chi connectivity index (χ1v) is 8.67. The largest absolute Gasteiger partial charge is 0.482 e. The van der Waals surface area contributed by atoms with E-state index in [4.69, 9.17) is 4.74 Å². The van der Waals surface area contributed by atoms with E-state index in [9.17, 15) is 13.2 Å². The van der Waals surface area contributed by atoms with E-state index in [1.165, 1.54) is 23.5 Å². The molecule has 0 radical (unpaired) electrons. The average Bonchev–Trinajstić information content (AvgIpc) is 2.53. The number of sulfonamides is 1. The van der Waals surface area contributed by atoms with Crippen LogP contribution in [0.3, 0.4) is 0 Å². The highest BCUT2D eigenvalue weighted by Gasteiger charge is 2.27. The Bertz CT molecular complexity index is 603. The van der Waals surface area contributed by atoms with Crippen LogP contribution in [0.5, 0.6) is 5.75 Å². The summed E-state index contributed by atoms with van der Waals surface area (Å²) >= 11 is 0. The summed E-state index contributed by atoms with van der Waals surface area (Å²) in [7, 11) is -2.17. The Labute approximate surface area is 131 Å². The van der Waals surface area contributed by atoms with Crippen LogP contribution >= 0.6 is 0 Å². The second kappa shape index (κ2) is 7.11. The van der Waals surface area contributed by atoms with E-state index in [1.54, 1.807) is 12.1 Å². The summed E-state index contributed by atoms with van der Waals surface area (Å²) < 4.78 is 36.3. The number of carbonyl (C=O) groups excluding carboxylic acids is 1. The van der Waals surface area contributed by atoms with Gasteiger partial charge in [-0.2, -0.15) is 4.31 Å². The van der Waals surface area contributed by atoms with Crippen molar-refractivity contribution in [2.24, 2.45) is 5.92 Å². The predicted octanol–water partition coefficient (Wildman–Crippen LogP) is 1.66. The van der Waals surface area contributed by atoms with Crippen LogP contribution in [0.2, 0.25) is 0 Å². The molecule has 0 unspecified atom stereocenters. The van der Waals surface area contributed by atoms with E-state index in [-0.39, 0.29) is 11.5 Å². The molecule has 1 heterocycles. The molecule has 1 aliphatic heterocycles. The molecule has 1 aliphatic rings. The van der Waals surface area contributed by atoms with Crippen LogP contribution in [0.25, 0.3) is 0 Å². The number of benzene rings is 1. The number of esters is 1. The standard InChI is InChI=1S/C15H21NO5S/c1-12-7-9-16(10-8-12)22(18,19)14-5-3-13(4-6-14)21-11-15(17)20-2/h3-6,12H,7-11H2,1-2H3. The molecule has 1 saturated heterocycles. The highest BCUT2D eigenvalue weighted by molar-refractivity contribution is 7.89. The smallest absolute Gasteiger partial charge is 0.343 e. The molecule has 0 aromatic heterocycles. The van der Waals surface area contributed by atoms with E-state index in [2.05, 4.69) is 11.7 Å². The van der Waals surface area contributed by atoms with Crippen molar-refractivity contribution in [3.63, 3.8) is 0 Å². The maximum atomic E-state index is 12.5. The van der Waals surface area contributed by atoms with Crippen molar-refractivity contribution in [2.45, 2.75) is 24.7 Å². The minimum absolute atomic E-state index is 0.202. The van der Waals surface area contributed by atoms with Gasteiger partial charge in [-0.3, -0.25) is 0 Å². The molecular weight excluding hydrogens is 306 g/mol. The van der Waals surface area contributed by atoms with Gasteiger partial charge >= 0.3 is 5.97 Å². The third-order valence-corrected chi connectivity index (χ3v) is 5.70. The van der Waals surface area contributed by atoms with Crippen molar-refractivity contribution in [3.8, 4) is 5.75 Å². The minimum atomic E-state index is -3.45. The molecule has 1 fully saturated rings. The van der Waals surface area contributed by atoms with E-state index in [0.717, 1.165) is 12.8 Å². The number of rotatable bonds is 5. The molecule has 0 amide bonds. The van der Waals surface area contributed by atoms with Gasteiger partial charge in [-0.1, -0.05) is 6.92 Å². The summed E-state index contributed by atoms with van der Waals surface area (Å²) in [6.07, 6.45) is 1.78. The molecule has 0 aliphatic carbocycles. The fourth-order valence-corrected chi connectivity index (χ4v) is 3.75. The molecule has 0 atom stereocenters. The van der Waals surface area contributed by atoms with Gasteiger partial charge in [0, 0.05) is 13.1 Å². The Morgan fingerprint density at radius 2 is 1.82 bits per heavy atom. The maximum Gasteiger partial charge on any atom is 0.343 e. The average molecular weight is 327 g/mol. The van der Waals surface area contributed by atoms with Crippen LogP contribution in [0.15, 0.2) is 29.2 Å². The lowest BCUT2D eigenvalue weighted by Gasteiger charge is -2.29. The van der Waals surface area contributed by atoms with Crippen molar-refractivity contribution in [1.29, 1.82) is 0 Å². The van der Waals surface area contributed by atoms with E-state index in [1.807, 2.05) is 0 Å². The Morgan fingerprint density at radius 1 is 1.23 bits per heavy atom. The number of carbonyl (C=O) groups is 1. The van der Waals surface area contributed by atoms with Crippen molar-refractivity contribution in [1.82, 2.24) is 4.31 Å². The van der Waals surface area contributed by atoms with Crippen LogP contribution in [0, 0.1) is 5.92 Å². The fraction of sp³-hybridized carbons (Fsp3) is 0.533. The molecule has 0 N–H and O–H groups in total. The normalized spacial score (nSPS) is 17.2. The van der Waals surface area contributed by atoms with Gasteiger partial charge in [0.15, 0.2) is 6.61 Å². The van der Waals surface area contributed by atoms with E-state index in [0.29, 0.717) is 24.8 Å². The van der Waals surface area contributed by atoms with Gasteiger partial charge in [-0.05, 0) is 43.0 Å². The molecule has 22 heavy (non-hydrogen) atoms. The number of ether oxygens (including phenoxy) is 2. The Balaban J connectivity index is 2.04. The lowest BCUT2D eigenvalue weighted by molar-refractivity contribution is -0.142. The van der Waals surface area contributed by atoms with E-state index < -0.39 is 16.0 Å². The first kappa shape index (κ1) is 16.8. The topological polar surface area (TPSA) is 72.9 Å². The van der Waals surface area contributed by atoms with Gasteiger partial charge in [0.05, 0.1) is 12.0 Å². The third-order valence-electron chi connectivity index (χ3n) is 3.79. The first-order chi connectivity index (χ1) is 10.4. The molecule has 1 aromatic carbocycles. The van der Waals surface area contributed by atoms with Crippen LogP contribution in [-0.2, 0) is 19.6 Å². The summed E-state index contributed by atoms with van der Waals surface area (Å²) in [6.45, 7) is 3.05. The van der Waals surface area contributed by atoms with Gasteiger partial charge in [-0.25, -0.2) is 13.2 Å². The van der Waals surface area contributed by atoms with Gasteiger partial charge in [-0.15, -0.1) is 0 Å². The predicted molar refractivity (Wildman–Crippen MR) is 81.1 cm³/mol. The van der Waals surface area contributed by atoms with Crippen molar-refractivity contribution < 1.29 is 22.7 Å². The molecule has 0 saturated carbocycles. The minimum Gasteiger partial charge on any atom is -0.482 e. The van der Waals surface area contributed by atoms with Crippen molar-refractivity contribution in [2.75, 3.05) is 26.8 Å². The summed E-state index contributed by atoms with van der Waals surface area (Å²) in [4.78, 5) is 11.2. The quantitative estimate of drug-likeness (QED) is 0.769. The van der Waals surface area contributed by atoms with E-state index >= 15 is 0 Å². The van der Waals surface area contributed by atoms with Crippen LogP contribution in [0.4, 0.5) is 0 Å². The molecule has 2 rings (SSSR count). The Hall–Kier alpha value is -1.60. The zero-order valence-electron chi connectivity index (χ0n) is 12.8. The second-order valence-electron chi connectivity index (χ2n) is 5.42. The van der Waals surface area contributed by atoms with Crippen LogP contribution < -0.4 is 4.74 Å². The molecule has 7 heteroatoms. The highest BCUT2D eigenvalue weighted by atomic mass is 32.2. The fourth-order valence-electron chi connectivity index (χ4n) is 2.28. The molecule has 1 aromatic rings. The number of nitrogens with zero attached hydrogens (tertiary/aromatic N) is 1. The molecule has 0 bridgehead atoms. The highest BCUT2D eigenvalue weighted by Crippen LogP contribution is 2.24. The lowest BCUT2D eigenvalue weighted by Crippen LogP contribution is -2.37. The Kier molecular flexibility index (Phi) is 5.42. The third kappa shape index (κ3) is 3.98. The summed E-state index contributed by atoms with van der Waals surface area (Å²) in [5.74, 6) is 0.510. The summed E-state index contributed by atoms with van der Waals surface area (Å²) in [5.41, 5.74) is 0. The Morgan fingerprint density at radius 3 is 2.36 bits per heavy atom. The molecular formula is C15H21NO5S. The van der Waals surface area contributed by atoms with Gasteiger partial charge in [0.25, 0.3) is 0 Å². The zero-order valence-corrected chi connectivity index (χ0v) is 13.6. The number of methoxy groups -OCH3 is 1. The molecule has 0 spiro atoms. The summed E-state index contributed by atoms with van der Waals surface area (Å²) in [5, 5.41) is 0. The van der Waals surface area contributed by atoms with Crippen LogP contribution in [-0.4, -0.2) is 45.5 Å². The van der Waals surface area contributed by atoms with Crippen molar-refractivity contribution in [3.05, 3.63) is 24.3 Å². The monoisotopic (exact) mass is 327 g/mol. The molecule has 6 nitrogen and oxygen atoms in total. The zero-order chi connectivity index (χ0) is 16.2. The second-order valence-corrected chi connectivity index (χ2v) is 7.36. The number of piperidine rings is 1. The lowest BCUT2D eigenvalue weighted by atomic mass is 10.0. The summed E-state index contributed by atoms with van der Waals surface area (Å²) in [6, 6.07) is 6.09.